The van der Waals surface area contributed by atoms with E-state index in [2.05, 4.69) is 18.5 Å². The highest BCUT2D eigenvalue weighted by Crippen LogP contribution is 2.12. The Bertz CT molecular complexity index is 543. The molecule has 0 atom stereocenters. The minimum absolute atomic E-state index is 0.0517. The first-order chi connectivity index (χ1) is 10.5. The van der Waals surface area contributed by atoms with E-state index in [1.54, 1.807) is 49.3 Å². The number of carbonyl (C=O) groups excluding carboxylic acids is 2. The minimum Gasteiger partial charge on any atom is -0.376 e. The molecular weight excluding hydrogens is 278 g/mol. The van der Waals surface area contributed by atoms with Crippen molar-refractivity contribution in [2.75, 3.05) is 39.0 Å². The number of rotatable bonds is 8. The normalized spacial score (nSPS) is 9.73. The molecule has 0 bridgehead atoms. The van der Waals surface area contributed by atoms with Crippen LogP contribution in [0, 0.1) is 0 Å². The molecule has 1 aromatic rings. The summed E-state index contributed by atoms with van der Waals surface area (Å²) >= 11 is 0. The molecule has 0 aliphatic carbocycles. The van der Waals surface area contributed by atoms with Crippen molar-refractivity contribution in [3.05, 3.63) is 55.1 Å². The van der Waals surface area contributed by atoms with E-state index in [1.165, 1.54) is 4.90 Å². The van der Waals surface area contributed by atoms with Gasteiger partial charge in [0.1, 0.15) is 0 Å². The van der Waals surface area contributed by atoms with E-state index >= 15 is 0 Å². The number of amides is 2. The Balaban J connectivity index is 2.69. The van der Waals surface area contributed by atoms with Gasteiger partial charge in [0.2, 0.25) is 5.91 Å². The van der Waals surface area contributed by atoms with Gasteiger partial charge in [0.15, 0.2) is 0 Å². The van der Waals surface area contributed by atoms with Crippen LogP contribution in [-0.4, -0.2) is 55.3 Å². The summed E-state index contributed by atoms with van der Waals surface area (Å²) in [7, 11) is 3.41. The summed E-state index contributed by atoms with van der Waals surface area (Å²) in [6.07, 6.45) is 3.36. The zero-order valence-corrected chi connectivity index (χ0v) is 13.2. The monoisotopic (exact) mass is 301 g/mol. The topological polar surface area (TPSA) is 52.7 Å². The summed E-state index contributed by atoms with van der Waals surface area (Å²) in [5.41, 5.74) is 1.31. The van der Waals surface area contributed by atoms with Gasteiger partial charge in [0.25, 0.3) is 5.91 Å². The summed E-state index contributed by atoms with van der Waals surface area (Å²) in [5, 5.41) is 3.05. The minimum atomic E-state index is -0.0742. The fourth-order valence-corrected chi connectivity index (χ4v) is 1.90. The van der Waals surface area contributed by atoms with Gasteiger partial charge in [-0.1, -0.05) is 18.2 Å². The third kappa shape index (κ3) is 5.09. The fourth-order valence-electron chi connectivity index (χ4n) is 1.90. The molecule has 0 radical (unpaired) electrons. The third-order valence-electron chi connectivity index (χ3n) is 3.01. The molecule has 1 rings (SSSR count). The first-order valence-corrected chi connectivity index (χ1v) is 7.04. The maximum Gasteiger partial charge on any atom is 0.253 e. The lowest BCUT2D eigenvalue weighted by Gasteiger charge is -2.20. The first kappa shape index (κ1) is 17.5. The van der Waals surface area contributed by atoms with Crippen LogP contribution in [-0.2, 0) is 4.79 Å². The van der Waals surface area contributed by atoms with Crippen LogP contribution < -0.4 is 5.32 Å². The van der Waals surface area contributed by atoms with E-state index in [-0.39, 0.29) is 18.4 Å². The second kappa shape index (κ2) is 8.67. The summed E-state index contributed by atoms with van der Waals surface area (Å²) in [6.45, 7) is 8.39. The lowest BCUT2D eigenvalue weighted by atomic mass is 10.2. The Morgan fingerprint density at radius 3 is 2.36 bits per heavy atom. The molecule has 0 aliphatic rings. The molecule has 0 saturated carbocycles. The van der Waals surface area contributed by atoms with Crippen molar-refractivity contribution in [1.82, 2.24) is 9.80 Å². The van der Waals surface area contributed by atoms with Crippen LogP contribution in [0.25, 0.3) is 0 Å². The summed E-state index contributed by atoms with van der Waals surface area (Å²) in [5.74, 6) is -0.126. The van der Waals surface area contributed by atoms with E-state index < -0.39 is 0 Å². The average Bonchev–Trinajstić information content (AvgIpc) is 2.51. The highest BCUT2D eigenvalue weighted by atomic mass is 16.2. The molecule has 0 saturated heterocycles. The summed E-state index contributed by atoms with van der Waals surface area (Å²) in [6, 6.07) is 7.10. The molecule has 0 heterocycles. The van der Waals surface area contributed by atoms with E-state index in [9.17, 15) is 9.59 Å². The quantitative estimate of drug-likeness (QED) is 0.747. The highest BCUT2D eigenvalue weighted by Gasteiger charge is 2.11. The molecule has 5 heteroatoms. The van der Waals surface area contributed by atoms with Crippen molar-refractivity contribution in [3.8, 4) is 0 Å². The average molecular weight is 301 g/mol. The Labute approximate surface area is 131 Å². The summed E-state index contributed by atoms with van der Waals surface area (Å²) in [4.78, 5) is 27.2. The van der Waals surface area contributed by atoms with Crippen LogP contribution in [0.4, 0.5) is 5.69 Å². The van der Waals surface area contributed by atoms with Gasteiger partial charge in [-0.15, -0.1) is 13.2 Å². The van der Waals surface area contributed by atoms with Gasteiger partial charge in [-0.25, -0.2) is 0 Å². The third-order valence-corrected chi connectivity index (χ3v) is 3.01. The van der Waals surface area contributed by atoms with Gasteiger partial charge in [-0.3, -0.25) is 9.59 Å². The molecule has 1 aromatic carbocycles. The van der Waals surface area contributed by atoms with E-state index in [0.717, 1.165) is 5.69 Å². The van der Waals surface area contributed by atoms with Crippen LogP contribution >= 0.6 is 0 Å². The Kier molecular flexibility index (Phi) is 6.89. The number of nitrogens with one attached hydrogen (secondary N) is 1. The second-order valence-electron chi connectivity index (χ2n) is 5.01. The standard InChI is InChI=1S/C17H23N3O2/c1-5-10-20(11-6-2)16(21)13-18-15-9-7-8-14(12-15)17(22)19(3)4/h5-9,12,18H,1-2,10-11,13H2,3-4H3. The molecule has 118 valence electrons. The van der Waals surface area contributed by atoms with Crippen molar-refractivity contribution in [2.45, 2.75) is 0 Å². The molecule has 1 N–H and O–H groups in total. The predicted octanol–water partition coefficient (Wildman–Crippen LogP) is 2.00. The van der Waals surface area contributed by atoms with Gasteiger partial charge in [-0.2, -0.15) is 0 Å². The smallest absolute Gasteiger partial charge is 0.253 e. The van der Waals surface area contributed by atoms with Crippen LogP contribution in [0.5, 0.6) is 0 Å². The summed E-state index contributed by atoms with van der Waals surface area (Å²) < 4.78 is 0. The van der Waals surface area contributed by atoms with Gasteiger partial charge in [0, 0.05) is 38.4 Å². The molecule has 22 heavy (non-hydrogen) atoms. The van der Waals surface area contributed by atoms with Crippen LogP contribution in [0.15, 0.2) is 49.6 Å². The Morgan fingerprint density at radius 1 is 1.18 bits per heavy atom. The van der Waals surface area contributed by atoms with Crippen LogP contribution in [0.2, 0.25) is 0 Å². The van der Waals surface area contributed by atoms with Gasteiger partial charge in [-0.05, 0) is 18.2 Å². The molecule has 0 spiro atoms. The Morgan fingerprint density at radius 2 is 1.82 bits per heavy atom. The molecule has 0 fully saturated rings. The van der Waals surface area contributed by atoms with Gasteiger partial charge in [0.05, 0.1) is 6.54 Å². The maximum atomic E-state index is 12.1. The predicted molar refractivity (Wildman–Crippen MR) is 89.9 cm³/mol. The van der Waals surface area contributed by atoms with E-state index in [0.29, 0.717) is 18.7 Å². The number of benzene rings is 1. The van der Waals surface area contributed by atoms with Crippen molar-refractivity contribution in [3.63, 3.8) is 0 Å². The molecule has 5 nitrogen and oxygen atoms in total. The fraction of sp³-hybridized carbons (Fsp3) is 0.294. The van der Waals surface area contributed by atoms with Crippen molar-refractivity contribution < 1.29 is 9.59 Å². The Hall–Kier alpha value is -2.56. The van der Waals surface area contributed by atoms with Crippen LogP contribution in [0.1, 0.15) is 10.4 Å². The maximum absolute atomic E-state index is 12.1. The van der Waals surface area contributed by atoms with Gasteiger partial charge < -0.3 is 15.1 Å². The number of hydrogen-bond donors (Lipinski definition) is 1. The second-order valence-corrected chi connectivity index (χ2v) is 5.01. The number of nitrogens with zero attached hydrogens (tertiary/aromatic N) is 2. The number of anilines is 1. The zero-order valence-electron chi connectivity index (χ0n) is 13.2. The van der Waals surface area contributed by atoms with Crippen LogP contribution in [0.3, 0.4) is 0 Å². The molecule has 0 unspecified atom stereocenters. The first-order valence-electron chi connectivity index (χ1n) is 7.04. The lowest BCUT2D eigenvalue weighted by molar-refractivity contribution is -0.128. The van der Waals surface area contributed by atoms with E-state index in [1.807, 2.05) is 6.07 Å². The molecule has 2 amide bonds. The highest BCUT2D eigenvalue weighted by molar-refractivity contribution is 5.95. The van der Waals surface area contributed by atoms with Crippen molar-refractivity contribution in [2.24, 2.45) is 0 Å². The van der Waals surface area contributed by atoms with Crippen molar-refractivity contribution >= 4 is 17.5 Å². The number of carbonyl (C=O) groups is 2. The molecule has 0 aliphatic heterocycles. The zero-order chi connectivity index (χ0) is 16.5. The largest absolute Gasteiger partial charge is 0.376 e. The van der Waals surface area contributed by atoms with E-state index in [4.69, 9.17) is 0 Å². The number of hydrogen-bond acceptors (Lipinski definition) is 3. The SMILES string of the molecule is C=CCN(CC=C)C(=O)CNc1cccc(C(=O)N(C)C)c1. The lowest BCUT2D eigenvalue weighted by Crippen LogP contribution is -2.35. The van der Waals surface area contributed by atoms with Gasteiger partial charge >= 0.3 is 0 Å². The molecular formula is C17H23N3O2. The molecule has 0 aromatic heterocycles. The van der Waals surface area contributed by atoms with Crippen molar-refractivity contribution in [1.29, 1.82) is 0 Å².